The molecule has 2 nitrogen and oxygen atoms in total. The van der Waals surface area contributed by atoms with Crippen LogP contribution in [0.3, 0.4) is 0 Å². The predicted molar refractivity (Wildman–Crippen MR) is 161 cm³/mol. The molecule has 2 N–H and O–H groups in total. The number of nitrogens with one attached hydrogen (secondary N) is 2. The highest BCUT2D eigenvalue weighted by atomic mass is 32.2. The molecule has 2 aromatic carbocycles. The molecule has 0 aliphatic heterocycles. The van der Waals surface area contributed by atoms with Crippen molar-refractivity contribution in [1.82, 2.24) is 10.6 Å². The maximum Gasteiger partial charge on any atom is 0.138 e. The van der Waals surface area contributed by atoms with Crippen LogP contribution in [0.2, 0.25) is 0 Å². The van der Waals surface area contributed by atoms with E-state index in [1.807, 2.05) is 0 Å². The Bertz CT molecular complexity index is 797. The number of aryl methyl sites for hydroxylation is 2. The van der Waals surface area contributed by atoms with Gasteiger partial charge in [-0.1, -0.05) is 124 Å². The minimum atomic E-state index is 0.882. The molecule has 6 heteroatoms. The maximum absolute atomic E-state index is 5.57. The van der Waals surface area contributed by atoms with Crippen LogP contribution in [0.4, 0.5) is 0 Å². The fourth-order valence-corrected chi connectivity index (χ4v) is 6.00. The summed E-state index contributed by atoms with van der Waals surface area (Å²) >= 11 is 14.5. The van der Waals surface area contributed by atoms with E-state index in [-0.39, 0.29) is 0 Å². The lowest BCUT2D eigenvalue weighted by molar-refractivity contribution is 0.628. The maximum atomic E-state index is 5.57. The Kier molecular flexibility index (Phi) is 15.6. The first-order valence-electron chi connectivity index (χ1n) is 12.7. The van der Waals surface area contributed by atoms with Crippen molar-refractivity contribution in [3.05, 3.63) is 59.7 Å². The number of thioether (sulfide) groups is 2. The minimum absolute atomic E-state index is 0.882. The molecule has 0 saturated carbocycles. The van der Waals surface area contributed by atoms with E-state index >= 15 is 0 Å². The Hall–Kier alpha value is -1.08. The average molecular weight is 533 g/mol. The zero-order chi connectivity index (χ0) is 24.4. The molecule has 34 heavy (non-hydrogen) atoms. The lowest BCUT2D eigenvalue weighted by Gasteiger charge is -2.12. The van der Waals surface area contributed by atoms with Gasteiger partial charge in [-0.2, -0.15) is 0 Å². The van der Waals surface area contributed by atoms with Gasteiger partial charge in [0.1, 0.15) is 8.64 Å². The third-order valence-electron chi connectivity index (χ3n) is 5.59. The summed E-state index contributed by atoms with van der Waals surface area (Å²) in [6, 6.07) is 17.3. The van der Waals surface area contributed by atoms with Crippen LogP contribution >= 0.6 is 48.0 Å². The molecule has 0 bridgehead atoms. The molecule has 0 aliphatic rings. The Morgan fingerprint density at radius 2 is 1.03 bits per heavy atom. The van der Waals surface area contributed by atoms with Gasteiger partial charge in [-0.05, 0) is 61.8 Å². The predicted octanol–water partition coefficient (Wildman–Crippen LogP) is 8.57. The number of hydrogen-bond acceptors (Lipinski definition) is 4. The van der Waals surface area contributed by atoms with Gasteiger partial charge < -0.3 is 10.6 Å². The van der Waals surface area contributed by atoms with Crippen LogP contribution in [0.15, 0.2) is 58.3 Å². The van der Waals surface area contributed by atoms with Crippen LogP contribution in [0, 0.1) is 0 Å². The Morgan fingerprint density at radius 1 is 0.618 bits per heavy atom. The lowest BCUT2D eigenvalue weighted by Crippen LogP contribution is -2.20. The molecular formula is C28H40N2S4. The molecular weight excluding hydrogens is 493 g/mol. The second-order valence-electron chi connectivity index (χ2n) is 8.47. The van der Waals surface area contributed by atoms with E-state index in [2.05, 4.69) is 73.0 Å². The van der Waals surface area contributed by atoms with Gasteiger partial charge >= 0.3 is 0 Å². The van der Waals surface area contributed by atoms with E-state index < -0.39 is 0 Å². The molecule has 2 aromatic rings. The molecule has 0 amide bonds. The zero-order valence-electron chi connectivity index (χ0n) is 20.7. The normalized spacial score (nSPS) is 10.8. The van der Waals surface area contributed by atoms with E-state index in [0.29, 0.717) is 0 Å². The highest BCUT2D eigenvalue weighted by Gasteiger charge is 2.07. The van der Waals surface area contributed by atoms with Crippen LogP contribution in [-0.2, 0) is 12.8 Å². The van der Waals surface area contributed by atoms with E-state index in [4.69, 9.17) is 24.4 Å². The summed E-state index contributed by atoms with van der Waals surface area (Å²) in [6.07, 6.45) is 11.8. The van der Waals surface area contributed by atoms with Crippen molar-refractivity contribution in [3.63, 3.8) is 0 Å². The number of rotatable bonds is 15. The molecule has 0 heterocycles. The average Bonchev–Trinajstić information content (AvgIpc) is 2.84. The molecule has 0 radical (unpaired) electrons. The van der Waals surface area contributed by atoms with Crippen molar-refractivity contribution in [2.24, 2.45) is 0 Å². The molecule has 0 aliphatic carbocycles. The van der Waals surface area contributed by atoms with Gasteiger partial charge in [-0.25, -0.2) is 0 Å². The van der Waals surface area contributed by atoms with Gasteiger partial charge in [0.05, 0.1) is 0 Å². The van der Waals surface area contributed by atoms with E-state index in [1.54, 1.807) is 23.5 Å². The van der Waals surface area contributed by atoms with Crippen LogP contribution in [0.25, 0.3) is 0 Å². The number of hydrogen-bond donors (Lipinski definition) is 2. The van der Waals surface area contributed by atoms with Crippen molar-refractivity contribution in [3.8, 4) is 0 Å². The summed E-state index contributed by atoms with van der Waals surface area (Å²) in [5.41, 5.74) is 2.82. The van der Waals surface area contributed by atoms with Crippen molar-refractivity contribution >= 4 is 56.6 Å². The quantitative estimate of drug-likeness (QED) is 0.135. The van der Waals surface area contributed by atoms with E-state index in [9.17, 15) is 0 Å². The zero-order valence-corrected chi connectivity index (χ0v) is 24.0. The smallest absolute Gasteiger partial charge is 0.138 e. The topological polar surface area (TPSA) is 24.1 Å². The van der Waals surface area contributed by atoms with E-state index in [0.717, 1.165) is 47.4 Å². The van der Waals surface area contributed by atoms with Crippen molar-refractivity contribution in [1.29, 1.82) is 0 Å². The van der Waals surface area contributed by atoms with Crippen LogP contribution in [-0.4, -0.2) is 21.7 Å². The lowest BCUT2D eigenvalue weighted by atomic mass is 10.1. The summed E-state index contributed by atoms with van der Waals surface area (Å²) in [6.45, 7) is 6.36. The summed E-state index contributed by atoms with van der Waals surface area (Å²) < 4.78 is 1.76. The first-order chi connectivity index (χ1) is 16.6. The van der Waals surface area contributed by atoms with Gasteiger partial charge in [0.25, 0.3) is 0 Å². The first kappa shape index (κ1) is 29.2. The third kappa shape index (κ3) is 12.1. The molecule has 0 fully saturated rings. The first-order valence-corrected chi connectivity index (χ1v) is 15.2. The molecule has 0 unspecified atom stereocenters. The van der Waals surface area contributed by atoms with Gasteiger partial charge in [0.15, 0.2) is 0 Å². The summed E-state index contributed by atoms with van der Waals surface area (Å²) in [5.74, 6) is 0. The molecule has 0 atom stereocenters. The summed E-state index contributed by atoms with van der Waals surface area (Å²) in [7, 11) is 0. The number of benzene rings is 2. The van der Waals surface area contributed by atoms with Crippen LogP contribution in [0.1, 0.15) is 76.3 Å². The fourth-order valence-electron chi connectivity index (χ4n) is 3.61. The largest absolute Gasteiger partial charge is 0.371 e. The molecule has 0 spiro atoms. The second-order valence-corrected chi connectivity index (χ2v) is 11.9. The highest BCUT2D eigenvalue weighted by molar-refractivity contribution is 8.23. The summed E-state index contributed by atoms with van der Waals surface area (Å²) in [5, 5.41) is 6.85. The monoisotopic (exact) mass is 532 g/mol. The van der Waals surface area contributed by atoms with Crippen LogP contribution in [0.5, 0.6) is 0 Å². The Morgan fingerprint density at radius 3 is 1.44 bits per heavy atom. The standard InChI is InChI=1S/C28H40N2S4/c1-3-5-15-23-17-9-11-19-25(23)33-27(31)29-21-13-7-8-14-22-30-28(32)34-26-20-12-10-18-24(26)16-6-4-2/h9-12,17-20H,3-8,13-16,21-22H2,1-2H3,(H,29,31)(H,30,32). The minimum Gasteiger partial charge on any atom is -0.371 e. The van der Waals surface area contributed by atoms with Gasteiger partial charge in [0.2, 0.25) is 0 Å². The van der Waals surface area contributed by atoms with Crippen molar-refractivity contribution in [2.75, 3.05) is 13.1 Å². The van der Waals surface area contributed by atoms with Gasteiger partial charge in [0, 0.05) is 22.9 Å². The van der Waals surface area contributed by atoms with Crippen molar-refractivity contribution < 1.29 is 0 Å². The Labute approximate surface area is 226 Å². The van der Waals surface area contributed by atoms with E-state index in [1.165, 1.54) is 59.4 Å². The molecule has 2 rings (SSSR count). The van der Waals surface area contributed by atoms with Gasteiger partial charge in [-0.3, -0.25) is 0 Å². The molecule has 0 aromatic heterocycles. The fraction of sp³-hybridized carbons (Fsp3) is 0.500. The molecule has 186 valence electrons. The van der Waals surface area contributed by atoms with Crippen molar-refractivity contribution in [2.45, 2.75) is 87.8 Å². The number of thiocarbonyl (C=S) groups is 2. The third-order valence-corrected chi connectivity index (χ3v) is 8.28. The Balaban J connectivity index is 1.55. The van der Waals surface area contributed by atoms with Crippen LogP contribution < -0.4 is 10.6 Å². The molecule has 0 saturated heterocycles. The SMILES string of the molecule is CCCCc1ccccc1SC(=S)NCCCCCCNC(=S)Sc1ccccc1CCCC. The number of unbranched alkanes of at least 4 members (excludes halogenated alkanes) is 5. The summed E-state index contributed by atoms with van der Waals surface area (Å²) in [4.78, 5) is 2.59. The second kappa shape index (κ2) is 18.2. The van der Waals surface area contributed by atoms with Gasteiger partial charge in [-0.15, -0.1) is 0 Å². The highest BCUT2D eigenvalue weighted by Crippen LogP contribution is 2.26.